The third-order valence-corrected chi connectivity index (χ3v) is 2.49. The van der Waals surface area contributed by atoms with E-state index in [4.69, 9.17) is 9.84 Å². The standard InChI is InChI=1S/C13H23N3O3/c1-12(2,3)10-9(11(17)18)14-15-16(10)7-8-19-13(4,5)6/h7-8H2,1-6H3,(H,17,18). The van der Waals surface area contributed by atoms with Crippen LogP contribution in [0.1, 0.15) is 57.7 Å². The number of hydrogen-bond donors (Lipinski definition) is 1. The fraction of sp³-hybridized carbons (Fsp3) is 0.769. The molecule has 0 spiro atoms. The third kappa shape index (κ3) is 4.31. The average Bonchev–Trinajstić information content (AvgIpc) is 2.58. The Hall–Kier alpha value is -1.43. The van der Waals surface area contributed by atoms with Gasteiger partial charge in [-0.2, -0.15) is 0 Å². The van der Waals surface area contributed by atoms with Crippen LogP contribution in [0, 0.1) is 0 Å². The van der Waals surface area contributed by atoms with Crippen molar-refractivity contribution in [2.24, 2.45) is 0 Å². The highest BCUT2D eigenvalue weighted by molar-refractivity contribution is 5.86. The molecule has 0 aliphatic heterocycles. The molecule has 6 heteroatoms. The molecule has 0 bridgehead atoms. The van der Waals surface area contributed by atoms with Crippen LogP contribution in [-0.4, -0.2) is 38.3 Å². The van der Waals surface area contributed by atoms with Crippen LogP contribution in [0.2, 0.25) is 0 Å². The first kappa shape index (κ1) is 15.6. The van der Waals surface area contributed by atoms with Crippen LogP contribution in [0.4, 0.5) is 0 Å². The van der Waals surface area contributed by atoms with E-state index >= 15 is 0 Å². The molecule has 0 radical (unpaired) electrons. The lowest BCUT2D eigenvalue weighted by Crippen LogP contribution is -2.26. The summed E-state index contributed by atoms with van der Waals surface area (Å²) in [6.07, 6.45) is 0. The number of aromatic nitrogens is 3. The molecule has 1 rings (SSSR count). The molecule has 0 aliphatic rings. The Morgan fingerprint density at radius 1 is 1.26 bits per heavy atom. The number of carboxylic acids is 1. The summed E-state index contributed by atoms with van der Waals surface area (Å²) in [6, 6.07) is 0. The zero-order valence-corrected chi connectivity index (χ0v) is 12.5. The number of ether oxygens (including phenoxy) is 1. The highest BCUT2D eigenvalue weighted by Crippen LogP contribution is 2.24. The van der Waals surface area contributed by atoms with Gasteiger partial charge in [-0.05, 0) is 20.8 Å². The van der Waals surface area contributed by atoms with Gasteiger partial charge in [-0.15, -0.1) is 5.10 Å². The molecule has 0 saturated carbocycles. The summed E-state index contributed by atoms with van der Waals surface area (Å²) in [7, 11) is 0. The second-order valence-electron chi connectivity index (χ2n) is 6.53. The summed E-state index contributed by atoms with van der Waals surface area (Å²) in [5.41, 5.74) is 0.0811. The molecule has 1 N–H and O–H groups in total. The van der Waals surface area contributed by atoms with E-state index in [1.165, 1.54) is 0 Å². The topological polar surface area (TPSA) is 77.2 Å². The summed E-state index contributed by atoms with van der Waals surface area (Å²) < 4.78 is 7.25. The molecular formula is C13H23N3O3. The Morgan fingerprint density at radius 3 is 2.26 bits per heavy atom. The van der Waals surface area contributed by atoms with Gasteiger partial charge in [0.2, 0.25) is 0 Å². The molecule has 0 unspecified atom stereocenters. The summed E-state index contributed by atoms with van der Waals surface area (Å²) in [5.74, 6) is -1.05. The summed E-state index contributed by atoms with van der Waals surface area (Å²) >= 11 is 0. The van der Waals surface area contributed by atoms with Crippen LogP contribution < -0.4 is 0 Å². The van der Waals surface area contributed by atoms with E-state index in [1.54, 1.807) is 4.68 Å². The maximum atomic E-state index is 11.2. The van der Waals surface area contributed by atoms with Crippen LogP contribution in [0.25, 0.3) is 0 Å². The van der Waals surface area contributed by atoms with E-state index in [9.17, 15) is 4.79 Å². The predicted octanol–water partition coefficient (Wildman–Crippen LogP) is 2.09. The molecule has 6 nitrogen and oxygen atoms in total. The van der Waals surface area contributed by atoms with E-state index in [1.807, 2.05) is 41.5 Å². The summed E-state index contributed by atoms with van der Waals surface area (Å²) in [5, 5.41) is 16.8. The number of carboxylic acid groups (broad SMARTS) is 1. The Labute approximate surface area is 113 Å². The number of hydrogen-bond acceptors (Lipinski definition) is 4. The van der Waals surface area contributed by atoms with E-state index in [0.717, 1.165) is 0 Å². The van der Waals surface area contributed by atoms with Gasteiger partial charge in [0, 0.05) is 5.41 Å². The maximum absolute atomic E-state index is 11.2. The van der Waals surface area contributed by atoms with Gasteiger partial charge in [0.1, 0.15) is 0 Å². The number of carbonyl (C=O) groups is 1. The number of aromatic carboxylic acids is 1. The van der Waals surface area contributed by atoms with Crippen LogP contribution >= 0.6 is 0 Å². The van der Waals surface area contributed by atoms with Crippen LogP contribution in [0.3, 0.4) is 0 Å². The van der Waals surface area contributed by atoms with Gasteiger partial charge in [0.05, 0.1) is 24.4 Å². The van der Waals surface area contributed by atoms with Gasteiger partial charge >= 0.3 is 5.97 Å². The van der Waals surface area contributed by atoms with Gasteiger partial charge < -0.3 is 9.84 Å². The SMILES string of the molecule is CC(C)(C)OCCn1nnc(C(=O)O)c1C(C)(C)C. The van der Waals surface area contributed by atoms with Gasteiger partial charge in [-0.1, -0.05) is 26.0 Å². The molecule has 19 heavy (non-hydrogen) atoms. The van der Waals surface area contributed by atoms with Crippen molar-refractivity contribution in [2.45, 2.75) is 59.1 Å². The lowest BCUT2D eigenvalue weighted by atomic mass is 9.90. The van der Waals surface area contributed by atoms with E-state index < -0.39 is 5.97 Å². The van der Waals surface area contributed by atoms with Crippen molar-refractivity contribution in [1.29, 1.82) is 0 Å². The molecule has 0 aromatic carbocycles. The van der Waals surface area contributed by atoms with Crippen molar-refractivity contribution < 1.29 is 14.6 Å². The Kier molecular flexibility index (Phi) is 4.35. The first-order valence-corrected chi connectivity index (χ1v) is 6.33. The van der Waals surface area contributed by atoms with Crippen molar-refractivity contribution in [1.82, 2.24) is 15.0 Å². The molecule has 1 heterocycles. The van der Waals surface area contributed by atoms with Crippen molar-refractivity contribution in [3.05, 3.63) is 11.4 Å². The predicted molar refractivity (Wildman–Crippen MR) is 71.4 cm³/mol. The lowest BCUT2D eigenvalue weighted by molar-refractivity contribution is -0.00853. The smallest absolute Gasteiger partial charge is 0.358 e. The first-order valence-electron chi connectivity index (χ1n) is 6.33. The zero-order valence-electron chi connectivity index (χ0n) is 12.5. The maximum Gasteiger partial charge on any atom is 0.358 e. The van der Waals surface area contributed by atoms with Crippen molar-refractivity contribution >= 4 is 5.97 Å². The minimum Gasteiger partial charge on any atom is -0.476 e. The quantitative estimate of drug-likeness (QED) is 0.905. The molecule has 1 aromatic rings. The Bertz CT molecular complexity index is 453. The normalized spacial score (nSPS) is 12.7. The van der Waals surface area contributed by atoms with E-state index in [-0.39, 0.29) is 16.7 Å². The molecular weight excluding hydrogens is 246 g/mol. The lowest BCUT2D eigenvalue weighted by Gasteiger charge is -2.22. The molecule has 108 valence electrons. The number of nitrogens with zero attached hydrogens (tertiary/aromatic N) is 3. The van der Waals surface area contributed by atoms with Gasteiger partial charge in [0.25, 0.3) is 0 Å². The van der Waals surface area contributed by atoms with Crippen molar-refractivity contribution in [2.75, 3.05) is 6.61 Å². The monoisotopic (exact) mass is 269 g/mol. The summed E-state index contributed by atoms with van der Waals surface area (Å²) in [6.45, 7) is 12.7. The zero-order chi connectivity index (χ0) is 14.8. The molecule has 0 saturated heterocycles. The minimum absolute atomic E-state index is 0.0169. The molecule has 1 aromatic heterocycles. The first-order chi connectivity index (χ1) is 8.52. The third-order valence-electron chi connectivity index (χ3n) is 2.49. The molecule has 0 fully saturated rings. The van der Waals surface area contributed by atoms with Gasteiger partial charge in [-0.25, -0.2) is 9.48 Å². The molecule has 0 atom stereocenters. The largest absolute Gasteiger partial charge is 0.476 e. The molecule has 0 aliphatic carbocycles. The fourth-order valence-electron chi connectivity index (χ4n) is 1.79. The van der Waals surface area contributed by atoms with Crippen LogP contribution in [0.15, 0.2) is 0 Å². The highest BCUT2D eigenvalue weighted by Gasteiger charge is 2.28. The van der Waals surface area contributed by atoms with Crippen molar-refractivity contribution in [3.8, 4) is 0 Å². The van der Waals surface area contributed by atoms with E-state index in [0.29, 0.717) is 18.8 Å². The fourth-order valence-corrected chi connectivity index (χ4v) is 1.79. The summed E-state index contributed by atoms with van der Waals surface area (Å²) in [4.78, 5) is 11.2. The molecule has 0 amide bonds. The van der Waals surface area contributed by atoms with Crippen LogP contribution in [-0.2, 0) is 16.7 Å². The van der Waals surface area contributed by atoms with Crippen molar-refractivity contribution in [3.63, 3.8) is 0 Å². The Balaban J connectivity index is 2.93. The van der Waals surface area contributed by atoms with E-state index in [2.05, 4.69) is 10.3 Å². The average molecular weight is 269 g/mol. The Morgan fingerprint density at radius 2 is 1.84 bits per heavy atom. The van der Waals surface area contributed by atoms with Gasteiger partial charge in [0.15, 0.2) is 5.69 Å². The number of rotatable bonds is 4. The van der Waals surface area contributed by atoms with Gasteiger partial charge in [-0.3, -0.25) is 0 Å². The minimum atomic E-state index is -1.05. The van der Waals surface area contributed by atoms with Crippen LogP contribution in [0.5, 0.6) is 0 Å². The second kappa shape index (κ2) is 5.28. The second-order valence-corrected chi connectivity index (χ2v) is 6.53. The highest BCUT2D eigenvalue weighted by atomic mass is 16.5.